The number of carboxylic acid groups (broad SMARTS) is 1. The molecule has 1 rings (SSSR count). The van der Waals surface area contributed by atoms with Crippen LogP contribution in [0.5, 0.6) is 0 Å². The number of hydrogen-bond acceptors (Lipinski definition) is 4. The number of ether oxygens (including phenoxy) is 1. The van der Waals surface area contributed by atoms with Gasteiger partial charge in [-0.05, 0) is 66.0 Å². The molecule has 4 N–H and O–H groups in total. The molecule has 0 aromatic carbocycles. The van der Waals surface area contributed by atoms with E-state index in [0.29, 0.717) is 6.54 Å². The zero-order valence-electron chi connectivity index (χ0n) is 13.8. The van der Waals surface area contributed by atoms with Gasteiger partial charge in [0.2, 0.25) is 0 Å². The highest BCUT2D eigenvalue weighted by Crippen LogP contribution is 2.38. The van der Waals surface area contributed by atoms with Crippen LogP contribution in [0, 0.1) is 0 Å². The van der Waals surface area contributed by atoms with Gasteiger partial charge in [-0.3, -0.25) is 0 Å². The summed E-state index contributed by atoms with van der Waals surface area (Å²) in [5.41, 5.74) is -0.567. The van der Waals surface area contributed by atoms with Crippen molar-refractivity contribution in [2.45, 2.75) is 64.0 Å². The number of unbranched alkanes of at least 4 members (excludes halogenated alkanes) is 1. The molecule has 22 heavy (non-hydrogen) atoms. The van der Waals surface area contributed by atoms with Crippen molar-refractivity contribution in [2.75, 3.05) is 19.6 Å². The number of amides is 2. The Morgan fingerprint density at radius 3 is 2.32 bits per heavy atom. The Morgan fingerprint density at radius 2 is 1.77 bits per heavy atom. The van der Waals surface area contributed by atoms with E-state index >= 15 is 0 Å². The van der Waals surface area contributed by atoms with Crippen molar-refractivity contribution in [3.63, 3.8) is 0 Å². The molecule has 0 atom stereocenters. The number of carbonyl (C=O) groups is 2. The van der Waals surface area contributed by atoms with Gasteiger partial charge in [-0.2, -0.15) is 0 Å². The quantitative estimate of drug-likeness (QED) is 0.488. The number of alkyl carbamates (subject to hydrolysis) is 1. The molecule has 7 nitrogen and oxygen atoms in total. The molecule has 0 bridgehead atoms. The van der Waals surface area contributed by atoms with Gasteiger partial charge in [0, 0.05) is 12.1 Å². The molecular weight excluding hydrogens is 286 g/mol. The first-order valence-electron chi connectivity index (χ1n) is 7.91. The van der Waals surface area contributed by atoms with Crippen LogP contribution < -0.4 is 16.0 Å². The Balaban J connectivity index is 2.04. The molecule has 1 fully saturated rings. The summed E-state index contributed by atoms with van der Waals surface area (Å²) < 4.78 is 5.28. The van der Waals surface area contributed by atoms with E-state index in [-0.39, 0.29) is 11.6 Å². The standard InChI is InChI=1S/C15H29N3O4/c1-14(2,3)22-13(21)18-15(6-7-15)8-11-16-9-4-5-10-17-12(19)20/h16-17H,4-11H2,1-3H3,(H,18,21)(H,19,20). The van der Waals surface area contributed by atoms with Gasteiger partial charge in [-0.15, -0.1) is 0 Å². The van der Waals surface area contributed by atoms with Gasteiger partial charge in [-0.25, -0.2) is 9.59 Å². The van der Waals surface area contributed by atoms with E-state index in [1.54, 1.807) is 0 Å². The van der Waals surface area contributed by atoms with E-state index in [9.17, 15) is 9.59 Å². The fourth-order valence-corrected chi connectivity index (χ4v) is 2.13. The van der Waals surface area contributed by atoms with E-state index in [2.05, 4.69) is 16.0 Å². The van der Waals surface area contributed by atoms with Gasteiger partial charge in [0.05, 0.1) is 0 Å². The molecular formula is C15H29N3O4. The van der Waals surface area contributed by atoms with Crippen LogP contribution in [0.4, 0.5) is 9.59 Å². The third kappa shape index (κ3) is 8.71. The lowest BCUT2D eigenvalue weighted by molar-refractivity contribution is 0.0493. The Labute approximate surface area is 132 Å². The van der Waals surface area contributed by atoms with Gasteiger partial charge in [0.1, 0.15) is 5.60 Å². The second-order valence-corrected chi connectivity index (χ2v) is 6.85. The maximum atomic E-state index is 11.8. The Morgan fingerprint density at radius 1 is 1.14 bits per heavy atom. The average molecular weight is 315 g/mol. The smallest absolute Gasteiger partial charge is 0.408 e. The van der Waals surface area contributed by atoms with E-state index in [1.807, 2.05) is 20.8 Å². The minimum Gasteiger partial charge on any atom is -0.465 e. The molecule has 0 heterocycles. The summed E-state index contributed by atoms with van der Waals surface area (Å²) in [5, 5.41) is 17.1. The topological polar surface area (TPSA) is 99.7 Å². The van der Waals surface area contributed by atoms with Gasteiger partial charge < -0.3 is 25.8 Å². The fraction of sp³-hybridized carbons (Fsp3) is 0.867. The van der Waals surface area contributed by atoms with E-state index < -0.39 is 11.7 Å². The summed E-state index contributed by atoms with van der Waals surface area (Å²) in [5.74, 6) is 0. The molecule has 1 aliphatic carbocycles. The number of nitrogens with one attached hydrogen (secondary N) is 3. The predicted octanol–water partition coefficient (Wildman–Crippen LogP) is 2.07. The molecule has 1 aliphatic rings. The number of carbonyl (C=O) groups excluding carboxylic acids is 1. The Hall–Kier alpha value is -1.50. The molecule has 1 saturated carbocycles. The second kappa shape index (κ2) is 8.22. The fourth-order valence-electron chi connectivity index (χ4n) is 2.13. The summed E-state index contributed by atoms with van der Waals surface area (Å²) in [6, 6.07) is 0. The molecule has 0 aromatic rings. The first-order valence-corrected chi connectivity index (χ1v) is 7.91. The van der Waals surface area contributed by atoms with Crippen LogP contribution in [-0.4, -0.2) is 48.1 Å². The molecule has 128 valence electrons. The van der Waals surface area contributed by atoms with Crippen molar-refractivity contribution >= 4 is 12.2 Å². The zero-order chi connectivity index (χ0) is 16.6. The normalized spacial score (nSPS) is 16.0. The van der Waals surface area contributed by atoms with Crippen LogP contribution in [-0.2, 0) is 4.74 Å². The van der Waals surface area contributed by atoms with Crippen LogP contribution in [0.3, 0.4) is 0 Å². The molecule has 0 aromatic heterocycles. The molecule has 0 radical (unpaired) electrons. The monoisotopic (exact) mass is 315 g/mol. The van der Waals surface area contributed by atoms with Crippen molar-refractivity contribution in [1.82, 2.24) is 16.0 Å². The summed E-state index contributed by atoms with van der Waals surface area (Å²) in [4.78, 5) is 22.0. The first-order chi connectivity index (χ1) is 10.2. The summed E-state index contributed by atoms with van der Waals surface area (Å²) >= 11 is 0. The van der Waals surface area contributed by atoms with Crippen molar-refractivity contribution < 1.29 is 19.4 Å². The molecule has 0 unspecified atom stereocenters. The largest absolute Gasteiger partial charge is 0.465 e. The molecule has 0 aliphatic heterocycles. The van der Waals surface area contributed by atoms with Crippen LogP contribution in [0.15, 0.2) is 0 Å². The van der Waals surface area contributed by atoms with Gasteiger partial charge in [0.25, 0.3) is 0 Å². The van der Waals surface area contributed by atoms with Crippen LogP contribution in [0.25, 0.3) is 0 Å². The minimum absolute atomic E-state index is 0.0970. The van der Waals surface area contributed by atoms with E-state index in [4.69, 9.17) is 9.84 Å². The van der Waals surface area contributed by atoms with Gasteiger partial charge in [0.15, 0.2) is 0 Å². The summed E-state index contributed by atoms with van der Waals surface area (Å²) in [7, 11) is 0. The molecule has 7 heteroatoms. The second-order valence-electron chi connectivity index (χ2n) is 6.85. The van der Waals surface area contributed by atoms with E-state index in [0.717, 1.165) is 45.2 Å². The lowest BCUT2D eigenvalue weighted by Gasteiger charge is -2.23. The van der Waals surface area contributed by atoms with Crippen molar-refractivity contribution in [2.24, 2.45) is 0 Å². The third-order valence-electron chi connectivity index (χ3n) is 3.46. The zero-order valence-corrected chi connectivity index (χ0v) is 13.8. The third-order valence-corrected chi connectivity index (χ3v) is 3.46. The van der Waals surface area contributed by atoms with Crippen LogP contribution >= 0.6 is 0 Å². The van der Waals surface area contributed by atoms with Crippen LogP contribution in [0.1, 0.15) is 52.9 Å². The maximum Gasteiger partial charge on any atom is 0.408 e. The number of rotatable bonds is 9. The molecule has 2 amide bonds. The van der Waals surface area contributed by atoms with Crippen molar-refractivity contribution in [1.29, 1.82) is 0 Å². The lowest BCUT2D eigenvalue weighted by atomic mass is 10.1. The summed E-state index contributed by atoms with van der Waals surface area (Å²) in [6.07, 6.45) is 3.31. The highest BCUT2D eigenvalue weighted by Gasteiger charge is 2.44. The highest BCUT2D eigenvalue weighted by atomic mass is 16.6. The maximum absolute atomic E-state index is 11.8. The first kappa shape index (κ1) is 18.5. The minimum atomic E-state index is -0.975. The Bertz CT molecular complexity index is 375. The highest BCUT2D eigenvalue weighted by molar-refractivity contribution is 5.69. The molecule has 0 saturated heterocycles. The van der Waals surface area contributed by atoms with Gasteiger partial charge >= 0.3 is 12.2 Å². The van der Waals surface area contributed by atoms with Crippen LogP contribution in [0.2, 0.25) is 0 Å². The lowest BCUT2D eigenvalue weighted by Crippen LogP contribution is -2.42. The SMILES string of the molecule is CC(C)(C)OC(=O)NC1(CCNCCCCNC(=O)O)CC1. The predicted molar refractivity (Wildman–Crippen MR) is 84.1 cm³/mol. The number of hydrogen-bond donors (Lipinski definition) is 4. The van der Waals surface area contributed by atoms with Crippen molar-refractivity contribution in [3.8, 4) is 0 Å². The van der Waals surface area contributed by atoms with E-state index in [1.165, 1.54) is 0 Å². The van der Waals surface area contributed by atoms with Gasteiger partial charge in [-0.1, -0.05) is 0 Å². The molecule has 0 spiro atoms. The van der Waals surface area contributed by atoms with Crippen molar-refractivity contribution in [3.05, 3.63) is 0 Å². The Kier molecular flexibility index (Phi) is 6.93. The average Bonchev–Trinajstić information content (AvgIpc) is 3.09. The summed E-state index contributed by atoms with van der Waals surface area (Å²) in [6.45, 7) is 7.74.